The molecule has 0 atom stereocenters. The maximum Gasteiger partial charge on any atom is 0.361 e. The van der Waals surface area contributed by atoms with Gasteiger partial charge in [0.2, 0.25) is 0 Å². The molecule has 0 aliphatic rings. The molecule has 0 bridgehead atoms. The summed E-state index contributed by atoms with van der Waals surface area (Å²) in [6.07, 6.45) is 2.86. The number of hydrogen-bond donors (Lipinski definition) is 1. The molecule has 1 N–H and O–H groups in total. The van der Waals surface area contributed by atoms with E-state index in [0.29, 0.717) is 17.9 Å². The molecule has 0 saturated carbocycles. The Kier molecular flexibility index (Phi) is 3.96. The third-order valence-corrected chi connectivity index (χ3v) is 3.35. The van der Waals surface area contributed by atoms with Crippen molar-refractivity contribution in [1.82, 2.24) is 9.30 Å². The Morgan fingerprint density at radius 2 is 1.64 bits per heavy atom. The van der Waals surface area contributed by atoms with E-state index < -0.39 is 5.69 Å². The molecule has 0 spiro atoms. The molecule has 0 aliphatic heterocycles. The van der Waals surface area contributed by atoms with Crippen LogP contribution in [0.25, 0.3) is 0 Å². The molecule has 0 radical (unpaired) electrons. The standard InChI is InChI=1S/C17H16N2O3/c20-17-18(10-11-19(17)21)12-14-6-8-16(9-7-14)22-13-15-4-2-1-3-5-15/h1-11,21H,12-13H2. The Hall–Kier alpha value is -2.95. The highest BCUT2D eigenvalue weighted by atomic mass is 16.5. The van der Waals surface area contributed by atoms with Gasteiger partial charge in [-0.15, -0.1) is 4.73 Å². The van der Waals surface area contributed by atoms with E-state index >= 15 is 0 Å². The van der Waals surface area contributed by atoms with Gasteiger partial charge in [0, 0.05) is 6.20 Å². The highest BCUT2D eigenvalue weighted by molar-refractivity contribution is 5.28. The van der Waals surface area contributed by atoms with Crippen molar-refractivity contribution >= 4 is 0 Å². The van der Waals surface area contributed by atoms with Crippen molar-refractivity contribution in [2.45, 2.75) is 13.2 Å². The average molecular weight is 296 g/mol. The van der Waals surface area contributed by atoms with Gasteiger partial charge in [-0.05, 0) is 23.3 Å². The Morgan fingerprint density at radius 1 is 0.909 bits per heavy atom. The van der Waals surface area contributed by atoms with Crippen molar-refractivity contribution < 1.29 is 9.94 Å². The van der Waals surface area contributed by atoms with Crippen molar-refractivity contribution in [1.29, 1.82) is 0 Å². The maximum atomic E-state index is 11.6. The molecule has 112 valence electrons. The van der Waals surface area contributed by atoms with Crippen LogP contribution in [0.3, 0.4) is 0 Å². The van der Waals surface area contributed by atoms with E-state index in [9.17, 15) is 10.0 Å². The highest BCUT2D eigenvalue weighted by Crippen LogP contribution is 2.14. The topological polar surface area (TPSA) is 56.4 Å². The van der Waals surface area contributed by atoms with E-state index in [1.807, 2.05) is 54.6 Å². The minimum Gasteiger partial charge on any atom is -0.489 e. The monoisotopic (exact) mass is 296 g/mol. The number of ether oxygens (including phenoxy) is 1. The number of aromatic nitrogens is 2. The molecule has 0 unspecified atom stereocenters. The second-order valence-electron chi connectivity index (χ2n) is 4.97. The minimum atomic E-state index is -0.454. The second-order valence-corrected chi connectivity index (χ2v) is 4.97. The molecule has 3 rings (SSSR count). The summed E-state index contributed by atoms with van der Waals surface area (Å²) in [5, 5.41) is 9.20. The zero-order valence-corrected chi connectivity index (χ0v) is 11.9. The SMILES string of the molecule is O=c1n(O)ccn1Cc1ccc(OCc2ccccc2)cc1. The molecular formula is C17H16N2O3. The fourth-order valence-corrected chi connectivity index (χ4v) is 2.15. The van der Waals surface area contributed by atoms with E-state index in [1.165, 1.54) is 10.8 Å². The molecule has 5 heteroatoms. The molecule has 0 fully saturated rings. The van der Waals surface area contributed by atoms with Gasteiger partial charge in [0.1, 0.15) is 12.4 Å². The van der Waals surface area contributed by atoms with Gasteiger partial charge in [-0.2, -0.15) is 0 Å². The summed E-state index contributed by atoms with van der Waals surface area (Å²) in [6.45, 7) is 0.929. The summed E-state index contributed by atoms with van der Waals surface area (Å²) >= 11 is 0. The first kappa shape index (κ1) is 14.0. The lowest BCUT2D eigenvalue weighted by Gasteiger charge is -2.07. The molecule has 3 aromatic rings. The zero-order chi connectivity index (χ0) is 15.4. The van der Waals surface area contributed by atoms with Gasteiger partial charge >= 0.3 is 5.69 Å². The first-order valence-electron chi connectivity index (χ1n) is 6.95. The van der Waals surface area contributed by atoms with Crippen LogP contribution in [-0.4, -0.2) is 14.5 Å². The number of benzene rings is 2. The van der Waals surface area contributed by atoms with Crippen LogP contribution in [0.1, 0.15) is 11.1 Å². The molecule has 1 aromatic heterocycles. The molecule has 0 saturated heterocycles. The van der Waals surface area contributed by atoms with E-state index in [2.05, 4.69) is 0 Å². The van der Waals surface area contributed by atoms with Crippen LogP contribution in [0.2, 0.25) is 0 Å². The van der Waals surface area contributed by atoms with Crippen molar-refractivity contribution in [2.24, 2.45) is 0 Å². The maximum absolute atomic E-state index is 11.6. The van der Waals surface area contributed by atoms with Gasteiger partial charge in [-0.25, -0.2) is 4.79 Å². The lowest BCUT2D eigenvalue weighted by molar-refractivity contribution is 0.173. The van der Waals surface area contributed by atoms with Gasteiger partial charge in [0.15, 0.2) is 0 Å². The Morgan fingerprint density at radius 3 is 2.27 bits per heavy atom. The Balaban J connectivity index is 1.63. The number of hydrogen-bond acceptors (Lipinski definition) is 3. The minimum absolute atomic E-state index is 0.408. The van der Waals surface area contributed by atoms with E-state index in [0.717, 1.165) is 16.9 Å². The van der Waals surface area contributed by atoms with Gasteiger partial charge in [-0.3, -0.25) is 4.57 Å². The van der Waals surface area contributed by atoms with Crippen LogP contribution in [0.15, 0.2) is 71.8 Å². The lowest BCUT2D eigenvalue weighted by atomic mass is 10.2. The second kappa shape index (κ2) is 6.22. The molecule has 2 aromatic carbocycles. The molecule has 5 nitrogen and oxygen atoms in total. The van der Waals surface area contributed by atoms with Crippen LogP contribution < -0.4 is 10.4 Å². The van der Waals surface area contributed by atoms with Crippen LogP contribution in [0.4, 0.5) is 0 Å². The van der Waals surface area contributed by atoms with Crippen molar-refractivity contribution in [2.75, 3.05) is 0 Å². The van der Waals surface area contributed by atoms with E-state index in [1.54, 1.807) is 6.20 Å². The van der Waals surface area contributed by atoms with Gasteiger partial charge in [-0.1, -0.05) is 42.5 Å². The largest absolute Gasteiger partial charge is 0.489 e. The van der Waals surface area contributed by atoms with Crippen LogP contribution in [0.5, 0.6) is 5.75 Å². The van der Waals surface area contributed by atoms with Crippen LogP contribution in [0, 0.1) is 0 Å². The summed E-state index contributed by atoms with van der Waals surface area (Å²) in [7, 11) is 0. The number of nitrogens with zero attached hydrogens (tertiary/aromatic N) is 2. The van der Waals surface area contributed by atoms with E-state index in [4.69, 9.17) is 4.74 Å². The summed E-state index contributed by atoms with van der Waals surface area (Å²) in [5.41, 5.74) is 1.62. The fourth-order valence-electron chi connectivity index (χ4n) is 2.15. The van der Waals surface area contributed by atoms with E-state index in [-0.39, 0.29) is 0 Å². The summed E-state index contributed by atoms with van der Waals surface area (Å²) in [4.78, 5) is 11.6. The third kappa shape index (κ3) is 3.20. The first-order valence-corrected chi connectivity index (χ1v) is 6.95. The molecule has 1 heterocycles. The third-order valence-electron chi connectivity index (χ3n) is 3.35. The van der Waals surface area contributed by atoms with Crippen LogP contribution >= 0.6 is 0 Å². The van der Waals surface area contributed by atoms with Gasteiger partial charge in [0.05, 0.1) is 12.7 Å². The van der Waals surface area contributed by atoms with Crippen molar-refractivity contribution in [3.63, 3.8) is 0 Å². The Labute approximate surface area is 127 Å². The summed E-state index contributed by atoms with van der Waals surface area (Å²) in [6, 6.07) is 17.5. The highest BCUT2D eigenvalue weighted by Gasteiger charge is 2.03. The lowest BCUT2D eigenvalue weighted by Crippen LogP contribution is -2.22. The summed E-state index contributed by atoms with van der Waals surface area (Å²) < 4.78 is 7.71. The van der Waals surface area contributed by atoms with Gasteiger partial charge in [0.25, 0.3) is 0 Å². The number of rotatable bonds is 5. The molecule has 0 amide bonds. The predicted molar refractivity (Wildman–Crippen MR) is 82.2 cm³/mol. The van der Waals surface area contributed by atoms with Crippen molar-refractivity contribution in [3.05, 3.63) is 88.6 Å². The number of imidazole rings is 1. The average Bonchev–Trinajstić information content (AvgIpc) is 2.87. The quantitative estimate of drug-likeness (QED) is 0.736. The summed E-state index contributed by atoms with van der Waals surface area (Å²) in [5.74, 6) is 0.777. The zero-order valence-electron chi connectivity index (χ0n) is 11.9. The predicted octanol–water partition coefficient (Wildman–Crippen LogP) is 2.51. The molecular weight excluding hydrogens is 280 g/mol. The van der Waals surface area contributed by atoms with Gasteiger partial charge < -0.3 is 9.94 Å². The normalized spacial score (nSPS) is 10.5. The van der Waals surface area contributed by atoms with Crippen LogP contribution in [-0.2, 0) is 13.2 Å². The molecule has 22 heavy (non-hydrogen) atoms. The molecule has 0 aliphatic carbocycles. The fraction of sp³-hybridized carbons (Fsp3) is 0.118. The van der Waals surface area contributed by atoms with Crippen molar-refractivity contribution in [3.8, 4) is 5.75 Å². The smallest absolute Gasteiger partial charge is 0.361 e. The first-order chi connectivity index (χ1) is 10.7. The Bertz CT molecular complexity index is 789.